The van der Waals surface area contributed by atoms with E-state index in [0.717, 1.165) is 23.3 Å². The third-order valence-corrected chi connectivity index (χ3v) is 4.09. The summed E-state index contributed by atoms with van der Waals surface area (Å²) in [6.45, 7) is 5.48. The lowest BCUT2D eigenvalue weighted by molar-refractivity contribution is 0.0924. The van der Waals surface area contributed by atoms with Crippen molar-refractivity contribution >= 4 is 11.6 Å². The molecule has 4 heterocycles. The molecule has 0 spiro atoms. The number of carbonyl (C=O) groups excluding carboxylic acids is 1. The van der Waals surface area contributed by atoms with E-state index in [0.29, 0.717) is 18.2 Å². The van der Waals surface area contributed by atoms with Gasteiger partial charge in [0.25, 0.3) is 5.91 Å². The summed E-state index contributed by atoms with van der Waals surface area (Å²) in [5.74, 6) is 1.13. The van der Waals surface area contributed by atoms with Crippen LogP contribution in [0.2, 0.25) is 0 Å². The Hall–Kier alpha value is -3.42. The van der Waals surface area contributed by atoms with Crippen molar-refractivity contribution in [3.8, 4) is 11.3 Å². The minimum atomic E-state index is -0.269. The van der Waals surface area contributed by atoms with Gasteiger partial charge in [0, 0.05) is 25.5 Å². The molecule has 1 amide bonds. The predicted molar refractivity (Wildman–Crippen MR) is 98.9 cm³/mol. The first-order valence-electron chi connectivity index (χ1n) is 8.77. The number of fused-ring (bicyclic) bond motifs is 1. The zero-order valence-electron chi connectivity index (χ0n) is 15.2. The van der Waals surface area contributed by atoms with Crippen LogP contribution in [0.4, 0.5) is 0 Å². The number of hydrogen-bond acceptors (Lipinski definition) is 5. The summed E-state index contributed by atoms with van der Waals surface area (Å²) in [6, 6.07) is 7.22. The first kappa shape index (κ1) is 17.0. The third kappa shape index (κ3) is 3.74. The van der Waals surface area contributed by atoms with Gasteiger partial charge in [-0.3, -0.25) is 9.48 Å². The number of nitrogens with one attached hydrogen (secondary N) is 1. The largest absolute Gasteiger partial charge is 0.451 e. The molecule has 4 aromatic rings. The molecule has 0 fully saturated rings. The molecule has 0 radical (unpaired) electrons. The number of nitrogens with zero attached hydrogens (tertiary/aromatic N) is 5. The monoisotopic (exact) mass is 364 g/mol. The maximum absolute atomic E-state index is 12.4. The Morgan fingerprint density at radius 1 is 1.19 bits per heavy atom. The predicted octanol–water partition coefficient (Wildman–Crippen LogP) is 2.77. The summed E-state index contributed by atoms with van der Waals surface area (Å²) in [5, 5.41) is 11.3. The van der Waals surface area contributed by atoms with Crippen molar-refractivity contribution in [1.82, 2.24) is 29.7 Å². The Balaban J connectivity index is 1.41. The highest BCUT2D eigenvalue weighted by Gasteiger charge is 2.13. The maximum Gasteiger partial charge on any atom is 0.287 e. The number of aromatic nitrogens is 5. The van der Waals surface area contributed by atoms with E-state index >= 15 is 0 Å². The molecular weight excluding hydrogens is 344 g/mol. The van der Waals surface area contributed by atoms with E-state index in [1.165, 1.54) is 6.33 Å². The van der Waals surface area contributed by atoms with E-state index in [-0.39, 0.29) is 11.7 Å². The van der Waals surface area contributed by atoms with Crippen LogP contribution in [0.25, 0.3) is 17.0 Å². The molecule has 4 aromatic heterocycles. The zero-order valence-corrected chi connectivity index (χ0v) is 15.2. The molecule has 138 valence electrons. The molecule has 0 aromatic carbocycles. The second kappa shape index (κ2) is 7.06. The van der Waals surface area contributed by atoms with Gasteiger partial charge in [0.05, 0.1) is 11.8 Å². The van der Waals surface area contributed by atoms with Crippen LogP contribution >= 0.6 is 0 Å². The summed E-state index contributed by atoms with van der Waals surface area (Å²) in [4.78, 5) is 16.5. The van der Waals surface area contributed by atoms with Crippen LogP contribution in [0, 0.1) is 5.92 Å². The highest BCUT2D eigenvalue weighted by atomic mass is 16.3. The molecule has 8 nitrogen and oxygen atoms in total. The van der Waals surface area contributed by atoms with Gasteiger partial charge >= 0.3 is 0 Å². The van der Waals surface area contributed by atoms with E-state index in [9.17, 15) is 4.79 Å². The zero-order chi connectivity index (χ0) is 18.8. The molecule has 1 N–H and O–H groups in total. The average molecular weight is 364 g/mol. The van der Waals surface area contributed by atoms with Crippen LogP contribution in [0.5, 0.6) is 0 Å². The molecule has 27 heavy (non-hydrogen) atoms. The van der Waals surface area contributed by atoms with Crippen molar-refractivity contribution in [2.75, 3.05) is 0 Å². The molecule has 0 saturated heterocycles. The van der Waals surface area contributed by atoms with Crippen molar-refractivity contribution in [1.29, 1.82) is 0 Å². The normalized spacial score (nSPS) is 11.4. The van der Waals surface area contributed by atoms with Crippen molar-refractivity contribution in [3.63, 3.8) is 0 Å². The Morgan fingerprint density at radius 2 is 2.07 bits per heavy atom. The van der Waals surface area contributed by atoms with Crippen LogP contribution in [-0.2, 0) is 13.1 Å². The molecule has 0 aliphatic carbocycles. The van der Waals surface area contributed by atoms with Crippen LogP contribution < -0.4 is 5.32 Å². The first-order valence-corrected chi connectivity index (χ1v) is 8.77. The minimum absolute atomic E-state index is 0.267. The SMILES string of the molecule is CC(C)Cn1cc(-c2ccc(C(=O)NCc3ccc4ncnn4c3)o2)cn1. The molecule has 4 rings (SSSR count). The van der Waals surface area contributed by atoms with Gasteiger partial charge in [-0.15, -0.1) is 0 Å². The Bertz CT molecular complexity index is 1070. The molecule has 0 aliphatic heterocycles. The van der Waals surface area contributed by atoms with Crippen LogP contribution in [0.1, 0.15) is 30.0 Å². The van der Waals surface area contributed by atoms with Gasteiger partial charge in [-0.25, -0.2) is 9.50 Å². The number of hydrogen-bond donors (Lipinski definition) is 1. The summed E-state index contributed by atoms with van der Waals surface area (Å²) in [7, 11) is 0. The van der Waals surface area contributed by atoms with Crippen LogP contribution in [-0.4, -0.2) is 30.3 Å². The molecular formula is C19H20N6O2. The van der Waals surface area contributed by atoms with Crippen LogP contribution in [0.3, 0.4) is 0 Å². The van der Waals surface area contributed by atoms with E-state index in [1.54, 1.807) is 22.8 Å². The fourth-order valence-corrected chi connectivity index (χ4v) is 2.81. The summed E-state index contributed by atoms with van der Waals surface area (Å²) >= 11 is 0. The number of rotatable bonds is 6. The van der Waals surface area contributed by atoms with E-state index in [1.807, 2.05) is 29.2 Å². The molecule has 0 saturated carbocycles. The lowest BCUT2D eigenvalue weighted by Gasteiger charge is -2.04. The number of furan rings is 1. The number of carbonyl (C=O) groups is 1. The highest BCUT2D eigenvalue weighted by molar-refractivity contribution is 5.92. The Morgan fingerprint density at radius 3 is 2.93 bits per heavy atom. The van der Waals surface area contributed by atoms with Crippen molar-refractivity contribution in [3.05, 3.63) is 60.5 Å². The Labute approximate surface area is 155 Å². The van der Waals surface area contributed by atoms with Gasteiger partial charge in [-0.2, -0.15) is 10.2 Å². The lowest BCUT2D eigenvalue weighted by atomic mass is 10.2. The van der Waals surface area contributed by atoms with Gasteiger partial charge in [0.15, 0.2) is 11.4 Å². The van der Waals surface area contributed by atoms with Crippen molar-refractivity contribution in [2.24, 2.45) is 5.92 Å². The second-order valence-electron chi connectivity index (χ2n) is 6.79. The molecule has 0 atom stereocenters. The highest BCUT2D eigenvalue weighted by Crippen LogP contribution is 2.22. The Kier molecular flexibility index (Phi) is 4.45. The fourth-order valence-electron chi connectivity index (χ4n) is 2.81. The maximum atomic E-state index is 12.4. The minimum Gasteiger partial charge on any atom is -0.451 e. The van der Waals surface area contributed by atoms with Crippen LogP contribution in [0.15, 0.2) is 53.6 Å². The van der Waals surface area contributed by atoms with Crippen molar-refractivity contribution < 1.29 is 9.21 Å². The second-order valence-corrected chi connectivity index (χ2v) is 6.79. The van der Waals surface area contributed by atoms with Gasteiger partial charge in [0.1, 0.15) is 12.1 Å². The van der Waals surface area contributed by atoms with Gasteiger partial charge < -0.3 is 9.73 Å². The van der Waals surface area contributed by atoms with E-state index in [4.69, 9.17) is 4.42 Å². The van der Waals surface area contributed by atoms with E-state index in [2.05, 4.69) is 34.3 Å². The molecule has 8 heteroatoms. The summed E-state index contributed by atoms with van der Waals surface area (Å²) < 4.78 is 9.25. The van der Waals surface area contributed by atoms with Crippen molar-refractivity contribution in [2.45, 2.75) is 26.9 Å². The average Bonchev–Trinajstić information content (AvgIpc) is 3.38. The summed E-state index contributed by atoms with van der Waals surface area (Å²) in [5.41, 5.74) is 2.54. The molecule has 0 bridgehead atoms. The first-order chi connectivity index (χ1) is 13.1. The molecule has 0 aliphatic rings. The quantitative estimate of drug-likeness (QED) is 0.568. The molecule has 0 unspecified atom stereocenters. The standard InChI is InChI=1S/C19H20N6O2/c1-13(2)9-24-11-15(8-22-24)16-4-5-17(27-16)19(26)20-7-14-3-6-18-21-12-23-25(18)10-14/h3-6,8,10-13H,7,9H2,1-2H3,(H,20,26). The topological polar surface area (TPSA) is 90.2 Å². The van der Waals surface area contributed by atoms with Gasteiger partial charge in [-0.1, -0.05) is 19.9 Å². The smallest absolute Gasteiger partial charge is 0.287 e. The third-order valence-electron chi connectivity index (χ3n) is 4.09. The van der Waals surface area contributed by atoms with Gasteiger partial charge in [-0.05, 0) is 29.7 Å². The van der Waals surface area contributed by atoms with E-state index < -0.39 is 0 Å². The fraction of sp³-hybridized carbons (Fsp3) is 0.263. The summed E-state index contributed by atoms with van der Waals surface area (Å²) in [6.07, 6.45) is 6.99. The number of amides is 1. The van der Waals surface area contributed by atoms with Gasteiger partial charge in [0.2, 0.25) is 0 Å². The lowest BCUT2D eigenvalue weighted by Crippen LogP contribution is -2.22. The number of pyridine rings is 1.